The summed E-state index contributed by atoms with van der Waals surface area (Å²) in [6.07, 6.45) is 1.75. The molecule has 1 aromatic carbocycles. The molecule has 0 aliphatic carbocycles. The Morgan fingerprint density at radius 3 is 2.77 bits per heavy atom. The number of carbonyl (C=O) groups excluding carboxylic acids is 2. The van der Waals surface area contributed by atoms with Crippen LogP contribution in [0.2, 0.25) is 0 Å². The Morgan fingerprint density at radius 2 is 2.04 bits per heavy atom. The van der Waals surface area contributed by atoms with Gasteiger partial charge in [0.2, 0.25) is 11.8 Å². The van der Waals surface area contributed by atoms with Gasteiger partial charge in [0.1, 0.15) is 5.69 Å². The summed E-state index contributed by atoms with van der Waals surface area (Å²) in [4.78, 5) is 26.3. The predicted molar refractivity (Wildman–Crippen MR) is 92.0 cm³/mol. The van der Waals surface area contributed by atoms with Gasteiger partial charge < -0.3 is 9.32 Å². The molecule has 1 unspecified atom stereocenters. The predicted octanol–water partition coefficient (Wildman–Crippen LogP) is 1.46. The number of benzene rings is 1. The first kappa shape index (κ1) is 16.0. The van der Waals surface area contributed by atoms with E-state index in [2.05, 4.69) is 20.6 Å². The van der Waals surface area contributed by atoms with Gasteiger partial charge in [-0.3, -0.25) is 19.6 Å². The Bertz CT molecular complexity index is 948. The van der Waals surface area contributed by atoms with Crippen LogP contribution in [-0.4, -0.2) is 38.3 Å². The third-order valence-corrected chi connectivity index (χ3v) is 4.26. The van der Waals surface area contributed by atoms with Gasteiger partial charge in [0.15, 0.2) is 0 Å². The molecule has 26 heavy (non-hydrogen) atoms. The fourth-order valence-electron chi connectivity index (χ4n) is 2.91. The average Bonchev–Trinajstić information content (AvgIpc) is 3.35. The van der Waals surface area contributed by atoms with Crippen LogP contribution in [0.25, 0.3) is 11.6 Å². The molecule has 1 N–H and O–H groups in total. The molecule has 0 radical (unpaired) electrons. The minimum Gasteiger partial charge on any atom is -0.401 e. The van der Waals surface area contributed by atoms with Crippen LogP contribution in [0, 0.1) is 5.92 Å². The number of nitrogens with one attached hydrogen (secondary N) is 1. The van der Waals surface area contributed by atoms with Crippen molar-refractivity contribution < 1.29 is 14.0 Å². The summed E-state index contributed by atoms with van der Waals surface area (Å²) in [6, 6.07) is 11.0. The van der Waals surface area contributed by atoms with Crippen LogP contribution in [0.15, 0.2) is 47.0 Å². The van der Waals surface area contributed by atoms with E-state index in [1.807, 2.05) is 30.3 Å². The third kappa shape index (κ3) is 2.94. The molecule has 1 saturated heterocycles. The fraction of sp³-hybridized carbons (Fsp3) is 0.235. The lowest BCUT2D eigenvalue weighted by Gasteiger charge is -2.16. The summed E-state index contributed by atoms with van der Waals surface area (Å²) in [5, 5.41) is 14.4. The van der Waals surface area contributed by atoms with Crippen LogP contribution in [0.4, 0.5) is 11.7 Å². The van der Waals surface area contributed by atoms with E-state index in [-0.39, 0.29) is 30.1 Å². The Morgan fingerprint density at radius 1 is 1.23 bits per heavy atom. The molecule has 0 saturated carbocycles. The van der Waals surface area contributed by atoms with Crippen molar-refractivity contribution in [2.24, 2.45) is 13.0 Å². The lowest BCUT2D eigenvalue weighted by Crippen LogP contribution is -2.28. The highest BCUT2D eigenvalue weighted by Crippen LogP contribution is 2.26. The molecule has 1 atom stereocenters. The van der Waals surface area contributed by atoms with Gasteiger partial charge in [0, 0.05) is 31.9 Å². The van der Waals surface area contributed by atoms with E-state index in [0.717, 1.165) is 5.69 Å². The second-order valence-corrected chi connectivity index (χ2v) is 5.98. The molecule has 1 aliphatic rings. The summed E-state index contributed by atoms with van der Waals surface area (Å²) >= 11 is 0. The number of nitrogens with zero attached hydrogens (tertiary/aromatic N) is 5. The van der Waals surface area contributed by atoms with Gasteiger partial charge in [-0.05, 0) is 18.2 Å². The molecule has 2 amide bonds. The Kier molecular flexibility index (Phi) is 3.96. The molecule has 3 aromatic rings. The van der Waals surface area contributed by atoms with Crippen molar-refractivity contribution in [3.63, 3.8) is 0 Å². The number of amides is 2. The first-order chi connectivity index (χ1) is 12.6. The maximum absolute atomic E-state index is 12.5. The minimum atomic E-state index is -0.477. The second kappa shape index (κ2) is 6.43. The maximum atomic E-state index is 12.5. The molecule has 2 aromatic heterocycles. The van der Waals surface area contributed by atoms with Gasteiger partial charge in [0.25, 0.3) is 5.89 Å². The quantitative estimate of drug-likeness (QED) is 0.762. The van der Waals surface area contributed by atoms with Crippen molar-refractivity contribution in [3.05, 3.63) is 42.6 Å². The van der Waals surface area contributed by atoms with Crippen LogP contribution in [-0.2, 0) is 16.6 Å². The molecule has 9 heteroatoms. The summed E-state index contributed by atoms with van der Waals surface area (Å²) in [6.45, 7) is 0.317. The average molecular weight is 352 g/mol. The summed E-state index contributed by atoms with van der Waals surface area (Å²) in [7, 11) is 1.75. The molecule has 9 nitrogen and oxygen atoms in total. The molecule has 0 bridgehead atoms. The number of carbonyl (C=O) groups is 2. The van der Waals surface area contributed by atoms with E-state index in [9.17, 15) is 9.59 Å². The van der Waals surface area contributed by atoms with Gasteiger partial charge in [-0.15, -0.1) is 5.10 Å². The smallest absolute Gasteiger partial charge is 0.322 e. The first-order valence-electron chi connectivity index (χ1n) is 8.10. The zero-order valence-electron chi connectivity index (χ0n) is 14.0. The van der Waals surface area contributed by atoms with Gasteiger partial charge >= 0.3 is 6.01 Å². The molecule has 132 valence electrons. The Hall–Kier alpha value is -3.49. The van der Waals surface area contributed by atoms with Crippen molar-refractivity contribution in [2.45, 2.75) is 6.42 Å². The number of aromatic nitrogens is 4. The summed E-state index contributed by atoms with van der Waals surface area (Å²) in [5.74, 6) is -0.627. The standard InChI is InChI=1S/C17H16N6O3/c1-22-13(7-8-18-22)16-20-21-17(26-16)19-15(25)11-9-14(24)23(10-11)12-5-3-2-4-6-12/h2-8,11H,9-10H2,1H3,(H,19,21,25). The number of anilines is 2. The highest BCUT2D eigenvalue weighted by atomic mass is 16.4. The largest absolute Gasteiger partial charge is 0.401 e. The normalized spacial score (nSPS) is 16.9. The Balaban J connectivity index is 1.44. The minimum absolute atomic E-state index is 0.00295. The highest BCUT2D eigenvalue weighted by Gasteiger charge is 2.35. The van der Waals surface area contributed by atoms with E-state index < -0.39 is 5.92 Å². The van der Waals surface area contributed by atoms with Crippen molar-refractivity contribution >= 4 is 23.5 Å². The van der Waals surface area contributed by atoms with E-state index in [1.54, 1.807) is 28.9 Å². The summed E-state index contributed by atoms with van der Waals surface area (Å²) in [5.41, 5.74) is 1.42. The topological polar surface area (TPSA) is 106 Å². The highest BCUT2D eigenvalue weighted by molar-refractivity contribution is 6.02. The monoisotopic (exact) mass is 352 g/mol. The molecule has 1 fully saturated rings. The van der Waals surface area contributed by atoms with Gasteiger partial charge in [-0.1, -0.05) is 23.3 Å². The number of hydrogen-bond acceptors (Lipinski definition) is 6. The van der Waals surface area contributed by atoms with Gasteiger partial charge in [-0.2, -0.15) is 5.10 Å². The second-order valence-electron chi connectivity index (χ2n) is 5.98. The fourth-order valence-corrected chi connectivity index (χ4v) is 2.91. The van der Waals surface area contributed by atoms with E-state index >= 15 is 0 Å². The van der Waals surface area contributed by atoms with Crippen LogP contribution >= 0.6 is 0 Å². The number of para-hydroxylation sites is 1. The van der Waals surface area contributed by atoms with E-state index in [1.165, 1.54) is 0 Å². The lowest BCUT2D eigenvalue weighted by molar-refractivity contribution is -0.122. The molecule has 3 heterocycles. The maximum Gasteiger partial charge on any atom is 0.322 e. The van der Waals surface area contributed by atoms with Crippen LogP contribution < -0.4 is 10.2 Å². The van der Waals surface area contributed by atoms with Crippen LogP contribution in [0.5, 0.6) is 0 Å². The molecular formula is C17H16N6O3. The number of aryl methyl sites for hydroxylation is 1. The third-order valence-electron chi connectivity index (χ3n) is 4.26. The lowest BCUT2D eigenvalue weighted by atomic mass is 10.1. The van der Waals surface area contributed by atoms with Crippen molar-refractivity contribution in [1.82, 2.24) is 20.0 Å². The number of rotatable bonds is 4. The summed E-state index contributed by atoms with van der Waals surface area (Å²) < 4.78 is 7.05. The van der Waals surface area contributed by atoms with Crippen molar-refractivity contribution in [3.8, 4) is 11.6 Å². The molecule has 4 rings (SSSR count). The zero-order chi connectivity index (χ0) is 18.1. The van der Waals surface area contributed by atoms with Gasteiger partial charge in [0.05, 0.1) is 5.92 Å². The first-order valence-corrected chi connectivity index (χ1v) is 8.10. The van der Waals surface area contributed by atoms with Crippen LogP contribution in [0.3, 0.4) is 0 Å². The molecular weight excluding hydrogens is 336 g/mol. The van der Waals surface area contributed by atoms with E-state index in [4.69, 9.17) is 4.42 Å². The SMILES string of the molecule is Cn1nccc1-c1nnc(NC(=O)C2CC(=O)N(c3ccccc3)C2)o1. The zero-order valence-corrected chi connectivity index (χ0v) is 14.0. The van der Waals surface area contributed by atoms with Gasteiger partial charge in [-0.25, -0.2) is 0 Å². The van der Waals surface area contributed by atoms with Crippen LogP contribution in [0.1, 0.15) is 6.42 Å². The van der Waals surface area contributed by atoms with Crippen molar-refractivity contribution in [1.29, 1.82) is 0 Å². The Labute approximate surface area is 148 Å². The number of hydrogen-bond donors (Lipinski definition) is 1. The molecule has 1 aliphatic heterocycles. The van der Waals surface area contributed by atoms with E-state index in [0.29, 0.717) is 12.2 Å². The molecule has 0 spiro atoms. The van der Waals surface area contributed by atoms with Crippen molar-refractivity contribution in [2.75, 3.05) is 16.8 Å².